The Kier molecular flexibility index (Phi) is 11.9. The van der Waals surface area contributed by atoms with Crippen molar-refractivity contribution in [3.8, 4) is 0 Å². The van der Waals surface area contributed by atoms with Gasteiger partial charge in [-0.2, -0.15) is 0 Å². The summed E-state index contributed by atoms with van der Waals surface area (Å²) in [6.45, 7) is 27.9. The smallest absolute Gasteiger partial charge is 0.183 e. The minimum absolute atomic E-state index is 0.759. The molecule has 0 fully saturated rings. The molecule has 0 saturated heterocycles. The fourth-order valence-electron chi connectivity index (χ4n) is 4.73. The highest BCUT2D eigenvalue weighted by molar-refractivity contribution is 6.70. The Morgan fingerprint density at radius 1 is 0.553 bits per heavy atom. The Balaban J connectivity index is 2.57. The van der Waals surface area contributed by atoms with Crippen LogP contribution in [0.5, 0.6) is 0 Å². The first-order chi connectivity index (χ1) is 17.6. The summed E-state index contributed by atoms with van der Waals surface area (Å²) in [7, 11) is -3.13. The van der Waals surface area contributed by atoms with Gasteiger partial charge >= 0.3 is 0 Å². The van der Waals surface area contributed by atoms with E-state index in [2.05, 4.69) is 105 Å². The summed E-state index contributed by atoms with van der Waals surface area (Å²) in [5, 5.41) is 0. The van der Waals surface area contributed by atoms with Crippen molar-refractivity contribution in [2.45, 2.75) is 107 Å². The van der Waals surface area contributed by atoms with Gasteiger partial charge in [-0.1, -0.05) is 35.4 Å². The van der Waals surface area contributed by atoms with Crippen LogP contribution in [0.3, 0.4) is 0 Å². The van der Waals surface area contributed by atoms with Crippen molar-refractivity contribution >= 4 is 39.4 Å². The summed E-state index contributed by atoms with van der Waals surface area (Å²) in [4.78, 5) is 10.7. The first kappa shape index (κ1) is 32.3. The van der Waals surface area contributed by atoms with Crippen LogP contribution in [0.15, 0.2) is 34.3 Å². The summed E-state index contributed by atoms with van der Waals surface area (Å²) in [5.41, 5.74) is 11.7. The van der Waals surface area contributed by atoms with Crippen molar-refractivity contribution in [2.24, 2.45) is 9.98 Å². The van der Waals surface area contributed by atoms with Crippen LogP contribution in [0.1, 0.15) is 59.1 Å². The van der Waals surface area contributed by atoms with Crippen LogP contribution in [0.2, 0.25) is 39.3 Å². The first-order valence-corrected chi connectivity index (χ1v) is 21.0. The van der Waals surface area contributed by atoms with E-state index in [1.54, 1.807) is 0 Å². The summed E-state index contributed by atoms with van der Waals surface area (Å²) in [6, 6.07) is 8.91. The molecule has 0 radical (unpaired) electrons. The van der Waals surface area contributed by atoms with Gasteiger partial charge < -0.3 is 8.85 Å². The Labute approximate surface area is 235 Å². The Bertz CT molecular complexity index is 1020. The molecular weight excluding hydrogens is 501 g/mol. The Hall–Kier alpha value is -1.87. The predicted molar refractivity (Wildman–Crippen MR) is 173 cm³/mol. The van der Waals surface area contributed by atoms with Gasteiger partial charge in [-0.25, -0.2) is 0 Å². The third-order valence-electron chi connectivity index (χ3n) is 6.28. The molecule has 0 bridgehead atoms. The molecule has 4 nitrogen and oxygen atoms in total. The van der Waals surface area contributed by atoms with Gasteiger partial charge in [-0.3, -0.25) is 9.98 Å². The van der Waals surface area contributed by atoms with E-state index in [0.717, 1.165) is 61.7 Å². The molecule has 2 rings (SSSR count). The van der Waals surface area contributed by atoms with Crippen LogP contribution in [-0.4, -0.2) is 41.3 Å². The molecule has 2 aromatic carbocycles. The van der Waals surface area contributed by atoms with Gasteiger partial charge in [0.15, 0.2) is 16.6 Å². The number of benzene rings is 2. The lowest BCUT2D eigenvalue weighted by Crippen LogP contribution is -2.27. The van der Waals surface area contributed by atoms with E-state index < -0.39 is 16.6 Å². The molecular formula is C32H52N2O2Si2. The van der Waals surface area contributed by atoms with Crippen molar-refractivity contribution in [1.29, 1.82) is 0 Å². The average Bonchev–Trinajstić information content (AvgIpc) is 2.74. The third kappa shape index (κ3) is 11.1. The first-order valence-electron chi connectivity index (χ1n) is 14.1. The van der Waals surface area contributed by atoms with Crippen LogP contribution in [0.4, 0.5) is 11.4 Å². The van der Waals surface area contributed by atoms with Crippen molar-refractivity contribution in [3.63, 3.8) is 0 Å². The molecule has 2 aromatic rings. The average molecular weight is 553 g/mol. The zero-order valence-electron chi connectivity index (χ0n) is 26.3. The zero-order valence-corrected chi connectivity index (χ0v) is 28.3. The topological polar surface area (TPSA) is 43.2 Å². The lowest BCUT2D eigenvalue weighted by molar-refractivity contribution is 0.306. The number of hydrogen-bond acceptors (Lipinski definition) is 4. The maximum atomic E-state index is 6.21. The SMILES string of the molecule is Cc1cc(C)c(N=C(CCCO[Si](C)(C)C)C(CCCO[Si](C)(C)C)=Nc2c(C)cc(C)cc2C)c(C)c1. The standard InChI is InChI=1S/C32H52N2O2Si2/c1-23-19-25(3)31(26(4)20-23)33-29(15-13-17-35-37(7,8)9)30(16-14-18-36-38(10,11)12)34-32-27(5)21-24(2)22-28(32)6/h19-22H,13-18H2,1-12H3. The van der Waals surface area contributed by atoms with Gasteiger partial charge in [0.1, 0.15) is 0 Å². The highest BCUT2D eigenvalue weighted by Gasteiger charge is 2.18. The summed E-state index contributed by atoms with van der Waals surface area (Å²) < 4.78 is 12.4. The highest BCUT2D eigenvalue weighted by atomic mass is 28.4. The van der Waals surface area contributed by atoms with E-state index in [-0.39, 0.29) is 0 Å². The number of nitrogens with zero attached hydrogens (tertiary/aromatic N) is 2. The molecule has 0 aliphatic carbocycles. The van der Waals surface area contributed by atoms with Crippen LogP contribution < -0.4 is 0 Å². The largest absolute Gasteiger partial charge is 0.418 e. The molecule has 0 aromatic heterocycles. The molecule has 0 amide bonds. The van der Waals surface area contributed by atoms with Gasteiger partial charge in [0, 0.05) is 13.2 Å². The van der Waals surface area contributed by atoms with Crippen LogP contribution in [-0.2, 0) is 8.85 Å². The highest BCUT2D eigenvalue weighted by Crippen LogP contribution is 2.29. The van der Waals surface area contributed by atoms with Crippen LogP contribution in [0.25, 0.3) is 0 Å². The van der Waals surface area contributed by atoms with E-state index in [0.29, 0.717) is 0 Å². The van der Waals surface area contributed by atoms with E-state index in [4.69, 9.17) is 18.8 Å². The van der Waals surface area contributed by atoms with Gasteiger partial charge in [0.25, 0.3) is 0 Å². The monoisotopic (exact) mass is 552 g/mol. The second-order valence-corrected chi connectivity index (χ2v) is 21.8. The Morgan fingerprint density at radius 3 is 1.11 bits per heavy atom. The fraction of sp³-hybridized carbons (Fsp3) is 0.562. The molecule has 38 heavy (non-hydrogen) atoms. The molecule has 0 unspecified atom stereocenters. The van der Waals surface area contributed by atoms with E-state index in [1.165, 1.54) is 33.4 Å². The minimum atomic E-state index is -1.56. The molecule has 0 atom stereocenters. The predicted octanol–water partition coefficient (Wildman–Crippen LogP) is 9.65. The van der Waals surface area contributed by atoms with E-state index >= 15 is 0 Å². The quantitative estimate of drug-likeness (QED) is 0.141. The molecule has 0 aliphatic heterocycles. The van der Waals surface area contributed by atoms with Gasteiger partial charge in [-0.15, -0.1) is 0 Å². The minimum Gasteiger partial charge on any atom is -0.418 e. The fourth-order valence-corrected chi connectivity index (χ4v) is 6.25. The van der Waals surface area contributed by atoms with Gasteiger partial charge in [0.2, 0.25) is 0 Å². The van der Waals surface area contributed by atoms with Crippen molar-refractivity contribution in [1.82, 2.24) is 0 Å². The van der Waals surface area contributed by atoms with Crippen molar-refractivity contribution in [2.75, 3.05) is 13.2 Å². The molecule has 0 N–H and O–H groups in total. The second kappa shape index (κ2) is 14.0. The maximum Gasteiger partial charge on any atom is 0.183 e. The van der Waals surface area contributed by atoms with Gasteiger partial charge in [0.05, 0.1) is 22.8 Å². The van der Waals surface area contributed by atoms with Gasteiger partial charge in [-0.05, 0) is 129 Å². The van der Waals surface area contributed by atoms with Crippen molar-refractivity contribution in [3.05, 3.63) is 57.6 Å². The number of hydrogen-bond donors (Lipinski definition) is 0. The molecule has 6 heteroatoms. The number of aryl methyl sites for hydroxylation is 6. The maximum absolute atomic E-state index is 6.21. The summed E-state index contributed by atoms with van der Waals surface area (Å²) in [6.07, 6.45) is 3.55. The lowest BCUT2D eigenvalue weighted by atomic mass is 10.0. The molecule has 0 spiro atoms. The number of aliphatic imine (C=N–C) groups is 2. The number of rotatable bonds is 13. The zero-order chi connectivity index (χ0) is 28.7. The lowest BCUT2D eigenvalue weighted by Gasteiger charge is -2.19. The summed E-state index contributed by atoms with van der Waals surface area (Å²) in [5.74, 6) is 0. The molecule has 0 heterocycles. The third-order valence-corrected chi connectivity index (χ3v) is 8.42. The van der Waals surface area contributed by atoms with Crippen LogP contribution >= 0.6 is 0 Å². The molecule has 210 valence electrons. The molecule has 0 saturated carbocycles. The summed E-state index contributed by atoms with van der Waals surface area (Å²) >= 11 is 0. The van der Waals surface area contributed by atoms with E-state index in [1.807, 2.05) is 0 Å². The van der Waals surface area contributed by atoms with E-state index in [9.17, 15) is 0 Å². The van der Waals surface area contributed by atoms with Crippen molar-refractivity contribution < 1.29 is 8.85 Å². The second-order valence-electron chi connectivity index (χ2n) is 12.7. The Morgan fingerprint density at radius 2 is 0.842 bits per heavy atom. The van der Waals surface area contributed by atoms with Crippen LogP contribution in [0, 0.1) is 41.5 Å². The molecule has 0 aliphatic rings. The normalized spacial score (nSPS) is 13.4.